The molecule has 354 valence electrons. The molecule has 0 aromatic carbocycles. The van der Waals surface area contributed by atoms with Gasteiger partial charge in [-0.3, -0.25) is 29.4 Å². The molecular weight excluding hydrogens is 830 g/mol. The van der Waals surface area contributed by atoms with Crippen LogP contribution in [-0.4, -0.2) is 110 Å². The highest BCUT2D eigenvalue weighted by Gasteiger charge is 2.52. The van der Waals surface area contributed by atoms with Crippen molar-refractivity contribution in [3.63, 3.8) is 0 Å². The van der Waals surface area contributed by atoms with Crippen LogP contribution in [0, 0.1) is 12.8 Å². The number of rotatable bonds is 10. The number of ether oxygens (including phenoxy) is 3. The number of pyridine rings is 3. The average Bonchev–Trinajstić information content (AvgIpc) is 4.16. The number of aliphatic carboxylic acids is 1. The minimum absolute atomic E-state index is 0.00630. The van der Waals surface area contributed by atoms with Crippen LogP contribution >= 0.6 is 0 Å². The first-order valence-electron chi connectivity index (χ1n) is 24.8. The van der Waals surface area contributed by atoms with Crippen LogP contribution in [0.15, 0.2) is 73.2 Å². The Balaban J connectivity index is 0.000000211. The Bertz CT molecular complexity index is 1970. The molecule has 1 N–H and O–H groups in total. The van der Waals surface area contributed by atoms with E-state index in [4.69, 9.17) is 22.0 Å². The number of hydrogen-bond acceptors (Lipinski definition) is 10. The molecular formula is C52H72B2N4O8. The fourth-order valence-electron chi connectivity index (χ4n) is 12.1. The van der Waals surface area contributed by atoms with Crippen LogP contribution < -0.4 is 0 Å². The minimum atomic E-state index is -0.745. The Kier molecular flexibility index (Phi) is 19.0. The summed E-state index contributed by atoms with van der Waals surface area (Å²) in [6, 6.07) is 17.8. The van der Waals surface area contributed by atoms with Gasteiger partial charge < -0.3 is 24.1 Å². The fraction of sp³-hybridized carbons (Fsp3) is 0.615. The monoisotopic (exact) mass is 905 g/mol. The highest BCUT2D eigenvalue weighted by molar-refractivity contribution is 6.75. The predicted octanol–water partition coefficient (Wildman–Crippen LogP) is 8.54. The maximum atomic E-state index is 12.6. The molecule has 3 aliphatic heterocycles. The summed E-state index contributed by atoms with van der Waals surface area (Å²) in [6.45, 7) is 2.09. The molecule has 6 aliphatic rings. The molecule has 9 rings (SSSR count). The second-order valence-corrected chi connectivity index (χ2v) is 19.2. The van der Waals surface area contributed by atoms with Crippen molar-refractivity contribution in [2.24, 2.45) is 0 Å². The highest BCUT2D eigenvalue weighted by Crippen LogP contribution is 2.52. The molecule has 3 aromatic heterocycles. The van der Waals surface area contributed by atoms with Crippen LogP contribution in [0.25, 0.3) is 0 Å². The number of carboxylic acid groups (broad SMARTS) is 1. The molecule has 12 nitrogen and oxygen atoms in total. The molecule has 14 heteroatoms. The highest BCUT2D eigenvalue weighted by atomic mass is 16.7. The molecule has 3 aliphatic carbocycles. The largest absolute Gasteiger partial charge is 0.481 e. The van der Waals surface area contributed by atoms with Gasteiger partial charge >= 0.3 is 5.97 Å². The van der Waals surface area contributed by atoms with Crippen molar-refractivity contribution in [3.05, 3.63) is 90.3 Å². The molecule has 3 saturated carbocycles. The van der Waals surface area contributed by atoms with Crippen molar-refractivity contribution >= 4 is 33.6 Å². The van der Waals surface area contributed by atoms with Crippen LogP contribution in [0.4, 0.5) is 0 Å². The molecule has 0 unspecified atom stereocenters. The van der Waals surface area contributed by atoms with Crippen molar-refractivity contribution in [1.29, 1.82) is 0 Å². The number of carbonyl (C=O) groups excluding carboxylic acids is 2. The van der Waals surface area contributed by atoms with E-state index in [1.165, 1.54) is 50.7 Å². The maximum absolute atomic E-state index is 12.6. The Labute approximate surface area is 399 Å². The maximum Gasteiger partial charge on any atom is 0.304 e. The van der Waals surface area contributed by atoms with Crippen LogP contribution in [-0.2, 0) is 49.7 Å². The Morgan fingerprint density at radius 1 is 0.667 bits per heavy atom. The van der Waals surface area contributed by atoms with E-state index >= 15 is 0 Å². The number of hydroxylamine groups is 2. The topological polar surface area (TPSA) is 150 Å². The lowest BCUT2D eigenvalue weighted by Crippen LogP contribution is -2.48. The Hall–Kier alpha value is -4.41. The normalized spacial score (nSPS) is 26.5. The number of hydrogen-bond donors (Lipinski definition) is 1. The van der Waals surface area contributed by atoms with Gasteiger partial charge in [0, 0.05) is 110 Å². The van der Waals surface area contributed by atoms with Gasteiger partial charge in [0.25, 0.3) is 0 Å². The summed E-state index contributed by atoms with van der Waals surface area (Å²) in [7, 11) is 11.2. The molecule has 1 amide bonds. The van der Waals surface area contributed by atoms with Crippen molar-refractivity contribution in [2.45, 2.75) is 168 Å². The molecule has 4 radical (unpaired) electrons. The summed E-state index contributed by atoms with van der Waals surface area (Å²) in [5.41, 5.74) is 2.10. The van der Waals surface area contributed by atoms with Gasteiger partial charge in [0.15, 0.2) is 0 Å². The third-order valence-electron chi connectivity index (χ3n) is 15.2. The quantitative estimate of drug-likeness (QED) is 0.0903. The zero-order chi connectivity index (χ0) is 49.6. The third kappa shape index (κ3) is 12.8. The van der Waals surface area contributed by atoms with Crippen LogP contribution in [0.2, 0.25) is 0 Å². The van der Waals surface area contributed by atoms with E-state index in [1.54, 1.807) is 13.2 Å². The van der Waals surface area contributed by atoms with Crippen molar-refractivity contribution < 1.29 is 41.5 Å². The zero-order valence-electron chi connectivity index (χ0n) is 41.4. The van der Waals surface area contributed by atoms with Crippen molar-refractivity contribution in [3.8, 4) is 12.8 Å². The van der Waals surface area contributed by atoms with Crippen molar-refractivity contribution in [1.82, 2.24) is 20.0 Å². The SMILES string of the molecule is C#C.CON(C)C(=O)C[C@@]1(c2ccccn2)CCOC2(CCCC2)C1.O=C(O)C[C@@]1(c2ccccn2)CCOC2(CCCC2)C1.O=CC[C@@]1(c2ccccn2)CCOC2(CCCC2)C1.[2H][2H].[B][B]. The smallest absolute Gasteiger partial charge is 0.304 e. The summed E-state index contributed by atoms with van der Waals surface area (Å²) in [5.74, 6) is -0.751. The molecule has 0 bridgehead atoms. The first-order valence-corrected chi connectivity index (χ1v) is 23.8. The van der Waals surface area contributed by atoms with Crippen LogP contribution in [0.1, 0.15) is 155 Å². The van der Waals surface area contributed by atoms with Gasteiger partial charge in [-0.2, -0.15) is 0 Å². The summed E-state index contributed by atoms with van der Waals surface area (Å²) in [6.07, 6.45) is 34.6. The summed E-state index contributed by atoms with van der Waals surface area (Å²) in [4.78, 5) is 53.8. The van der Waals surface area contributed by atoms with Gasteiger partial charge in [-0.1, -0.05) is 56.7 Å². The van der Waals surface area contributed by atoms with Gasteiger partial charge in [0.05, 0.1) is 30.3 Å². The second kappa shape index (κ2) is 24.6. The molecule has 6 heterocycles. The number of carboxylic acids is 1. The van der Waals surface area contributed by atoms with E-state index in [2.05, 4.69) is 49.3 Å². The van der Waals surface area contributed by atoms with E-state index in [1.807, 2.05) is 60.9 Å². The number of nitrogens with zero attached hydrogens (tertiary/aromatic N) is 4. The zero-order valence-corrected chi connectivity index (χ0v) is 39.4. The third-order valence-corrected chi connectivity index (χ3v) is 15.2. The van der Waals surface area contributed by atoms with Gasteiger partial charge in [-0.25, -0.2) is 5.06 Å². The second-order valence-electron chi connectivity index (χ2n) is 19.2. The van der Waals surface area contributed by atoms with E-state index in [0.29, 0.717) is 26.1 Å². The van der Waals surface area contributed by atoms with Crippen LogP contribution in [0.3, 0.4) is 0 Å². The average molecular weight is 905 g/mol. The van der Waals surface area contributed by atoms with Gasteiger partial charge in [-0.05, 0) is 113 Å². The van der Waals surface area contributed by atoms with Gasteiger partial charge in [0.2, 0.25) is 5.91 Å². The van der Waals surface area contributed by atoms with E-state index < -0.39 is 5.97 Å². The lowest BCUT2D eigenvalue weighted by molar-refractivity contribution is -0.173. The lowest BCUT2D eigenvalue weighted by Gasteiger charge is -2.46. The minimum Gasteiger partial charge on any atom is -0.481 e. The molecule has 3 aromatic rings. The Morgan fingerprint density at radius 3 is 1.35 bits per heavy atom. The number of aldehydes is 1. The molecule has 3 spiro atoms. The number of aromatic nitrogens is 3. The number of terminal acetylenes is 1. The summed E-state index contributed by atoms with van der Waals surface area (Å²) in [5, 5.41) is 10.7. The van der Waals surface area contributed by atoms with E-state index in [9.17, 15) is 19.5 Å². The molecule has 3 atom stereocenters. The van der Waals surface area contributed by atoms with E-state index in [-0.39, 0.29) is 45.4 Å². The lowest BCUT2D eigenvalue weighted by atomic mass is 9.67. The molecule has 66 heavy (non-hydrogen) atoms. The van der Waals surface area contributed by atoms with Crippen LogP contribution in [0.5, 0.6) is 0 Å². The number of amides is 1. The standard InChI is InChI=1S/C18H26N2O3.C16H21NO3.C16H21NO2.C2H2.B2.H2/c1-20(22-2)16(21)13-17(15-7-3-6-11-19-15)10-12-23-18(14-17)8-4-5-9-18;18-14(19)11-15(13-5-1-4-9-17-13)8-10-20-16(12-15)6-2-3-7-16;18-11-8-15(14-5-1-4-10-17-14)9-12-19-16(13-15)6-2-3-7-16;2*1-2;/h3,6-7,11H,4-5,8-10,12-14H2,1-2H3;1,4-5,9H,2-3,6-8,10-12H2,(H,18,19);1,4-5,10-11H,2-3,6-9,12-13H2;1-2H;;1H/t17-;2*15-;;;/m001.../s1/i;;;;;1+1D. The predicted molar refractivity (Wildman–Crippen MR) is 258 cm³/mol. The number of carbonyl (C=O) groups is 3. The molecule has 6 fully saturated rings. The summed E-state index contributed by atoms with van der Waals surface area (Å²) < 4.78 is 28.4. The van der Waals surface area contributed by atoms with Gasteiger partial charge in [0.1, 0.15) is 6.29 Å². The Morgan fingerprint density at radius 2 is 1.02 bits per heavy atom. The van der Waals surface area contributed by atoms with E-state index in [0.717, 1.165) is 107 Å². The van der Waals surface area contributed by atoms with Crippen molar-refractivity contribution in [2.75, 3.05) is 34.0 Å². The fourth-order valence-corrected chi connectivity index (χ4v) is 12.1. The van der Waals surface area contributed by atoms with Gasteiger partial charge in [-0.15, -0.1) is 12.8 Å². The first-order chi connectivity index (χ1) is 33.0. The first kappa shape index (κ1) is 51.0. The molecule has 3 saturated heterocycles. The summed E-state index contributed by atoms with van der Waals surface area (Å²) >= 11 is 0.